The first kappa shape index (κ1) is 28.2. The van der Waals surface area contributed by atoms with E-state index in [1.807, 2.05) is 25.1 Å². The Kier molecular flexibility index (Phi) is 7.76. The van der Waals surface area contributed by atoms with Gasteiger partial charge in [0.05, 0.1) is 12.8 Å². The standard InChI is InChI=1S/C36H44N4O3/c1-2-43-34-15-28(14-30(17-34)31-16-33(41)22-37-21-31)23-39-7-9-40(10-8-39)32-5-3-29(4-6-32)35(42)38-24-36-18-25-11-26(19-36)13-27(12-25)20-36/h3-6,14-17,21-22,25-27,41H,2,7-13,18-20,23-24H2,1H3,(H,38,42). The molecule has 2 aromatic carbocycles. The Bertz CT molecular complexity index is 1410. The van der Waals surface area contributed by atoms with Crippen LogP contribution in [0.2, 0.25) is 0 Å². The molecule has 0 atom stereocenters. The summed E-state index contributed by atoms with van der Waals surface area (Å²) in [6.07, 6.45) is 11.5. The lowest BCUT2D eigenvalue weighted by Gasteiger charge is -2.56. The largest absolute Gasteiger partial charge is 0.506 e. The molecular weight excluding hydrogens is 536 g/mol. The fraction of sp³-hybridized carbons (Fsp3) is 0.500. The van der Waals surface area contributed by atoms with Crippen molar-refractivity contribution in [1.29, 1.82) is 0 Å². The fourth-order valence-electron chi connectivity index (χ4n) is 8.88. The van der Waals surface area contributed by atoms with Crippen LogP contribution >= 0.6 is 0 Å². The summed E-state index contributed by atoms with van der Waals surface area (Å²) in [6.45, 7) is 8.05. The molecule has 8 rings (SSSR count). The molecule has 0 unspecified atom stereocenters. The molecule has 0 spiro atoms. The topological polar surface area (TPSA) is 77.9 Å². The fourth-order valence-corrected chi connectivity index (χ4v) is 8.88. The van der Waals surface area contributed by atoms with E-state index in [0.717, 1.165) is 79.5 Å². The number of benzene rings is 2. The van der Waals surface area contributed by atoms with Gasteiger partial charge in [0.1, 0.15) is 11.5 Å². The molecule has 0 radical (unpaired) electrons. The number of amides is 1. The summed E-state index contributed by atoms with van der Waals surface area (Å²) in [7, 11) is 0. The average Bonchev–Trinajstić information content (AvgIpc) is 3.00. The number of anilines is 1. The zero-order chi connectivity index (χ0) is 29.4. The summed E-state index contributed by atoms with van der Waals surface area (Å²) in [5.41, 5.74) is 5.34. The van der Waals surface area contributed by atoms with Crippen LogP contribution in [-0.4, -0.2) is 60.2 Å². The zero-order valence-electron chi connectivity index (χ0n) is 25.3. The number of nitrogens with one attached hydrogen (secondary N) is 1. The molecule has 5 fully saturated rings. The van der Waals surface area contributed by atoms with Gasteiger partial charge in [-0.3, -0.25) is 14.7 Å². The van der Waals surface area contributed by atoms with Crippen LogP contribution in [0.25, 0.3) is 11.1 Å². The number of carbonyl (C=O) groups is 1. The van der Waals surface area contributed by atoms with Crippen LogP contribution in [0, 0.1) is 23.2 Å². The van der Waals surface area contributed by atoms with Gasteiger partial charge in [-0.15, -0.1) is 0 Å². The van der Waals surface area contributed by atoms with E-state index in [4.69, 9.17) is 4.74 Å². The third kappa shape index (κ3) is 6.23. The molecule has 1 amide bonds. The molecule has 1 aromatic heterocycles. The second-order valence-electron chi connectivity index (χ2n) is 13.6. The molecule has 3 aromatic rings. The van der Waals surface area contributed by atoms with E-state index in [-0.39, 0.29) is 11.7 Å². The lowest BCUT2D eigenvalue weighted by Crippen LogP contribution is -2.51. The highest BCUT2D eigenvalue weighted by Gasteiger charge is 2.50. The van der Waals surface area contributed by atoms with Gasteiger partial charge in [-0.25, -0.2) is 0 Å². The molecular formula is C36H44N4O3. The Morgan fingerprint density at radius 1 is 0.930 bits per heavy atom. The van der Waals surface area contributed by atoms with Crippen LogP contribution in [0.15, 0.2) is 60.9 Å². The summed E-state index contributed by atoms with van der Waals surface area (Å²) in [5.74, 6) is 3.78. The maximum Gasteiger partial charge on any atom is 0.251 e. The van der Waals surface area contributed by atoms with Crippen molar-refractivity contribution >= 4 is 11.6 Å². The predicted molar refractivity (Wildman–Crippen MR) is 169 cm³/mol. The van der Waals surface area contributed by atoms with Gasteiger partial charge >= 0.3 is 0 Å². The quantitative estimate of drug-likeness (QED) is 0.318. The summed E-state index contributed by atoms with van der Waals surface area (Å²) < 4.78 is 5.86. The number of carbonyl (C=O) groups excluding carboxylic acids is 1. The molecule has 5 aliphatic rings. The number of hydrogen-bond acceptors (Lipinski definition) is 6. The normalized spacial score (nSPS) is 26.4. The van der Waals surface area contributed by atoms with E-state index >= 15 is 0 Å². The van der Waals surface area contributed by atoms with Crippen LogP contribution in [0.5, 0.6) is 11.5 Å². The van der Waals surface area contributed by atoms with Gasteiger partial charge in [0.25, 0.3) is 5.91 Å². The zero-order valence-corrected chi connectivity index (χ0v) is 25.3. The summed E-state index contributed by atoms with van der Waals surface area (Å²) in [6, 6.07) is 16.2. The maximum atomic E-state index is 13.1. The van der Waals surface area contributed by atoms with Crippen molar-refractivity contribution in [2.75, 3.05) is 44.2 Å². The van der Waals surface area contributed by atoms with Crippen LogP contribution in [0.4, 0.5) is 5.69 Å². The predicted octanol–water partition coefficient (Wildman–Crippen LogP) is 6.12. The minimum atomic E-state index is 0.0715. The Balaban J connectivity index is 0.933. The Morgan fingerprint density at radius 3 is 2.28 bits per heavy atom. The number of hydrogen-bond donors (Lipinski definition) is 2. The molecule has 1 saturated heterocycles. The van der Waals surface area contributed by atoms with Gasteiger partial charge in [0.15, 0.2) is 0 Å². The van der Waals surface area contributed by atoms with Crippen molar-refractivity contribution in [2.45, 2.75) is 52.0 Å². The second-order valence-corrected chi connectivity index (χ2v) is 13.6. The molecule has 43 heavy (non-hydrogen) atoms. The molecule has 7 heteroatoms. The number of aromatic nitrogens is 1. The molecule has 4 saturated carbocycles. The van der Waals surface area contributed by atoms with Crippen molar-refractivity contribution < 1.29 is 14.6 Å². The van der Waals surface area contributed by atoms with Gasteiger partial charge < -0.3 is 20.1 Å². The molecule has 226 valence electrons. The van der Waals surface area contributed by atoms with Gasteiger partial charge in [0.2, 0.25) is 0 Å². The van der Waals surface area contributed by atoms with E-state index in [2.05, 4.69) is 44.4 Å². The minimum absolute atomic E-state index is 0.0715. The summed E-state index contributed by atoms with van der Waals surface area (Å²) in [4.78, 5) is 22.1. The monoisotopic (exact) mass is 580 g/mol. The number of aromatic hydroxyl groups is 1. The van der Waals surface area contributed by atoms with Crippen LogP contribution in [-0.2, 0) is 6.54 Å². The van der Waals surface area contributed by atoms with Crippen molar-refractivity contribution in [3.63, 3.8) is 0 Å². The number of rotatable bonds is 9. The van der Waals surface area contributed by atoms with E-state index < -0.39 is 0 Å². The highest BCUT2D eigenvalue weighted by Crippen LogP contribution is 2.59. The first-order chi connectivity index (χ1) is 20.9. The van der Waals surface area contributed by atoms with Gasteiger partial charge in [-0.05, 0) is 128 Å². The first-order valence-corrected chi connectivity index (χ1v) is 16.2. The van der Waals surface area contributed by atoms with Crippen LogP contribution in [0.3, 0.4) is 0 Å². The van der Waals surface area contributed by atoms with E-state index in [1.165, 1.54) is 56.0 Å². The van der Waals surface area contributed by atoms with E-state index in [9.17, 15) is 9.90 Å². The lowest BCUT2D eigenvalue weighted by molar-refractivity contribution is -0.0503. The van der Waals surface area contributed by atoms with Crippen molar-refractivity contribution in [3.05, 3.63) is 72.1 Å². The summed E-state index contributed by atoms with van der Waals surface area (Å²) in [5, 5.41) is 13.3. The van der Waals surface area contributed by atoms with Crippen molar-refractivity contribution in [3.8, 4) is 22.6 Å². The SMILES string of the molecule is CCOc1cc(CN2CCN(c3ccc(C(=O)NCC45CC6CC(CC(C6)C4)C5)cc3)CC2)cc(-c2cncc(O)c2)c1. The molecule has 4 aliphatic carbocycles. The molecule has 7 nitrogen and oxygen atoms in total. The van der Waals surface area contributed by atoms with Crippen molar-refractivity contribution in [1.82, 2.24) is 15.2 Å². The first-order valence-electron chi connectivity index (χ1n) is 16.2. The van der Waals surface area contributed by atoms with Crippen molar-refractivity contribution in [2.24, 2.45) is 23.2 Å². The van der Waals surface area contributed by atoms with Crippen LogP contribution < -0.4 is 15.0 Å². The summed E-state index contributed by atoms with van der Waals surface area (Å²) >= 11 is 0. The third-order valence-electron chi connectivity index (χ3n) is 10.4. The second kappa shape index (κ2) is 11.8. The Hall–Kier alpha value is -3.58. The van der Waals surface area contributed by atoms with E-state index in [1.54, 1.807) is 12.3 Å². The smallest absolute Gasteiger partial charge is 0.251 e. The number of ether oxygens (including phenoxy) is 1. The van der Waals surface area contributed by atoms with Gasteiger partial charge in [-0.2, -0.15) is 0 Å². The molecule has 2 heterocycles. The van der Waals surface area contributed by atoms with E-state index in [0.29, 0.717) is 12.0 Å². The third-order valence-corrected chi connectivity index (χ3v) is 10.4. The Morgan fingerprint density at radius 2 is 1.63 bits per heavy atom. The Labute approximate surface area is 255 Å². The number of nitrogens with zero attached hydrogens (tertiary/aromatic N) is 3. The molecule has 1 aliphatic heterocycles. The molecule has 4 bridgehead atoms. The number of piperazine rings is 1. The number of pyridine rings is 1. The van der Waals surface area contributed by atoms with Gasteiger partial charge in [-0.1, -0.05) is 0 Å². The van der Waals surface area contributed by atoms with Crippen LogP contribution in [0.1, 0.15) is 61.4 Å². The highest BCUT2D eigenvalue weighted by atomic mass is 16.5. The highest BCUT2D eigenvalue weighted by molar-refractivity contribution is 5.94. The lowest BCUT2D eigenvalue weighted by atomic mass is 9.49. The molecule has 2 N–H and O–H groups in total. The van der Waals surface area contributed by atoms with Gasteiger partial charge in [0, 0.05) is 62.3 Å². The minimum Gasteiger partial charge on any atom is -0.506 e. The maximum absolute atomic E-state index is 13.1. The average molecular weight is 581 g/mol.